The van der Waals surface area contributed by atoms with Crippen LogP contribution in [0.3, 0.4) is 0 Å². The highest BCUT2D eigenvalue weighted by Gasteiger charge is 2.23. The third-order valence-corrected chi connectivity index (χ3v) is 3.95. The summed E-state index contributed by atoms with van der Waals surface area (Å²) in [7, 11) is 0. The first-order valence-electron chi connectivity index (χ1n) is 6.69. The molecule has 3 rings (SSSR count). The van der Waals surface area contributed by atoms with Crippen LogP contribution in [0.5, 0.6) is 0 Å². The molecule has 0 heterocycles. The molecule has 0 N–H and O–H groups in total. The van der Waals surface area contributed by atoms with E-state index in [2.05, 4.69) is 64.1 Å². The molecule has 0 nitrogen and oxygen atoms in total. The Labute approximate surface area is 110 Å². The number of rotatable bonds is 0. The summed E-state index contributed by atoms with van der Waals surface area (Å²) >= 11 is 0. The monoisotopic (exact) mass is 236 g/mol. The van der Waals surface area contributed by atoms with Crippen LogP contribution in [-0.2, 0) is 11.8 Å². The molecule has 0 fully saturated rings. The van der Waals surface area contributed by atoms with Crippen LogP contribution in [0.4, 0.5) is 0 Å². The molecule has 0 saturated carbocycles. The molecular weight excluding hydrogens is 216 g/mol. The third-order valence-electron chi connectivity index (χ3n) is 3.95. The summed E-state index contributed by atoms with van der Waals surface area (Å²) < 4.78 is 0. The van der Waals surface area contributed by atoms with Gasteiger partial charge in [0.2, 0.25) is 0 Å². The predicted octanol–water partition coefficient (Wildman–Crippen LogP) is 4.86. The maximum atomic E-state index is 2.41. The van der Waals surface area contributed by atoms with Crippen molar-refractivity contribution >= 4 is 0 Å². The molecule has 0 atom stereocenters. The molecule has 0 aromatic heterocycles. The van der Waals surface area contributed by atoms with Crippen LogP contribution in [0.25, 0.3) is 11.1 Å². The molecule has 0 unspecified atom stereocenters. The van der Waals surface area contributed by atoms with E-state index < -0.39 is 0 Å². The van der Waals surface area contributed by atoms with Crippen LogP contribution in [0.15, 0.2) is 36.4 Å². The second-order valence-electron chi connectivity index (χ2n) is 6.41. The summed E-state index contributed by atoms with van der Waals surface area (Å²) in [4.78, 5) is 0. The van der Waals surface area contributed by atoms with E-state index in [1.807, 2.05) is 0 Å². The molecule has 0 saturated heterocycles. The van der Waals surface area contributed by atoms with Gasteiger partial charge in [-0.3, -0.25) is 0 Å². The van der Waals surface area contributed by atoms with Gasteiger partial charge >= 0.3 is 0 Å². The van der Waals surface area contributed by atoms with Crippen molar-refractivity contribution in [1.82, 2.24) is 0 Å². The van der Waals surface area contributed by atoms with Crippen LogP contribution in [0, 0.1) is 6.92 Å². The van der Waals surface area contributed by atoms with Crippen LogP contribution in [0.2, 0.25) is 0 Å². The standard InChI is InChI=1S/C18H20/c1-12-9-14-10-13-7-5-6-8-15(13)16(14)11-17(12)18(2,3)4/h5-9,11H,10H2,1-4H3. The van der Waals surface area contributed by atoms with E-state index in [-0.39, 0.29) is 5.41 Å². The fourth-order valence-corrected chi connectivity index (χ4v) is 3.12. The van der Waals surface area contributed by atoms with Crippen LogP contribution < -0.4 is 0 Å². The molecule has 2 aromatic rings. The summed E-state index contributed by atoms with van der Waals surface area (Å²) in [5.41, 5.74) is 8.95. The summed E-state index contributed by atoms with van der Waals surface area (Å²) in [6, 6.07) is 13.6. The Bertz CT molecular complexity index is 612. The van der Waals surface area contributed by atoms with Crippen LogP contribution in [0.1, 0.15) is 43.0 Å². The molecule has 1 aliphatic rings. The molecule has 2 aromatic carbocycles. The minimum absolute atomic E-state index is 0.219. The average Bonchev–Trinajstić information content (AvgIpc) is 2.63. The van der Waals surface area contributed by atoms with E-state index in [0.29, 0.717) is 0 Å². The maximum Gasteiger partial charge on any atom is -0.00134 e. The number of hydrogen-bond acceptors (Lipinski definition) is 0. The summed E-state index contributed by atoms with van der Waals surface area (Å²) in [5.74, 6) is 0. The highest BCUT2D eigenvalue weighted by molar-refractivity contribution is 5.78. The number of hydrogen-bond donors (Lipinski definition) is 0. The highest BCUT2D eigenvalue weighted by Crippen LogP contribution is 2.40. The molecule has 0 aliphatic heterocycles. The lowest BCUT2D eigenvalue weighted by Gasteiger charge is -2.23. The van der Waals surface area contributed by atoms with Gasteiger partial charge in [0.15, 0.2) is 0 Å². The van der Waals surface area contributed by atoms with Crippen molar-refractivity contribution < 1.29 is 0 Å². The molecule has 0 spiro atoms. The summed E-state index contributed by atoms with van der Waals surface area (Å²) in [6.07, 6.45) is 1.09. The quantitative estimate of drug-likeness (QED) is 0.522. The van der Waals surface area contributed by atoms with E-state index in [4.69, 9.17) is 0 Å². The van der Waals surface area contributed by atoms with Gasteiger partial charge in [-0.15, -0.1) is 0 Å². The topological polar surface area (TPSA) is 0 Å². The smallest absolute Gasteiger partial charge is 0.00134 e. The minimum Gasteiger partial charge on any atom is -0.0619 e. The Balaban J connectivity index is 2.24. The summed E-state index contributed by atoms with van der Waals surface area (Å²) in [6.45, 7) is 9.12. The second kappa shape index (κ2) is 3.71. The number of aryl methyl sites for hydroxylation is 1. The van der Waals surface area contributed by atoms with Crippen molar-refractivity contribution in [1.29, 1.82) is 0 Å². The molecule has 0 bridgehead atoms. The molecule has 1 aliphatic carbocycles. The minimum atomic E-state index is 0.219. The Hall–Kier alpha value is -1.56. The molecule has 0 amide bonds. The first kappa shape index (κ1) is 11.5. The van der Waals surface area contributed by atoms with Crippen molar-refractivity contribution in [2.24, 2.45) is 0 Å². The zero-order chi connectivity index (χ0) is 12.9. The Morgan fingerprint density at radius 3 is 2.33 bits per heavy atom. The van der Waals surface area contributed by atoms with Crippen molar-refractivity contribution in [3.63, 3.8) is 0 Å². The molecule has 92 valence electrons. The van der Waals surface area contributed by atoms with Crippen molar-refractivity contribution in [2.45, 2.75) is 39.5 Å². The van der Waals surface area contributed by atoms with Gasteiger partial charge in [0.05, 0.1) is 0 Å². The number of fused-ring (bicyclic) bond motifs is 3. The Kier molecular flexibility index (Phi) is 2.38. The molecule has 0 radical (unpaired) electrons. The van der Waals surface area contributed by atoms with E-state index in [9.17, 15) is 0 Å². The summed E-state index contributed by atoms with van der Waals surface area (Å²) in [5, 5.41) is 0. The zero-order valence-corrected chi connectivity index (χ0v) is 11.7. The van der Waals surface area contributed by atoms with Crippen LogP contribution in [-0.4, -0.2) is 0 Å². The van der Waals surface area contributed by atoms with E-state index in [1.54, 1.807) is 0 Å². The lowest BCUT2D eigenvalue weighted by molar-refractivity contribution is 0.586. The van der Waals surface area contributed by atoms with Gasteiger partial charge in [0.25, 0.3) is 0 Å². The fraction of sp³-hybridized carbons (Fsp3) is 0.333. The van der Waals surface area contributed by atoms with E-state index in [1.165, 1.54) is 33.4 Å². The Morgan fingerprint density at radius 1 is 0.889 bits per heavy atom. The largest absolute Gasteiger partial charge is 0.0619 e. The molecule has 0 heteroatoms. The van der Waals surface area contributed by atoms with Crippen molar-refractivity contribution in [3.05, 3.63) is 58.7 Å². The van der Waals surface area contributed by atoms with Gasteiger partial charge in [-0.25, -0.2) is 0 Å². The lowest BCUT2D eigenvalue weighted by Crippen LogP contribution is -2.13. The van der Waals surface area contributed by atoms with Crippen LogP contribution >= 0.6 is 0 Å². The van der Waals surface area contributed by atoms with E-state index >= 15 is 0 Å². The first-order chi connectivity index (χ1) is 8.47. The van der Waals surface area contributed by atoms with Gasteiger partial charge in [-0.1, -0.05) is 57.2 Å². The third kappa shape index (κ3) is 1.68. The molecule has 18 heavy (non-hydrogen) atoms. The highest BCUT2D eigenvalue weighted by atomic mass is 14.3. The average molecular weight is 236 g/mol. The van der Waals surface area contributed by atoms with Gasteiger partial charge in [-0.05, 0) is 52.1 Å². The SMILES string of the molecule is Cc1cc2c(cc1C(C)(C)C)-c1ccccc1C2. The normalized spacial score (nSPS) is 13.3. The predicted molar refractivity (Wildman–Crippen MR) is 78.1 cm³/mol. The van der Waals surface area contributed by atoms with E-state index in [0.717, 1.165) is 6.42 Å². The van der Waals surface area contributed by atoms with Gasteiger partial charge in [0, 0.05) is 0 Å². The fourth-order valence-electron chi connectivity index (χ4n) is 3.12. The zero-order valence-electron chi connectivity index (χ0n) is 11.7. The van der Waals surface area contributed by atoms with Crippen molar-refractivity contribution in [2.75, 3.05) is 0 Å². The lowest BCUT2D eigenvalue weighted by atomic mass is 9.82. The second-order valence-corrected chi connectivity index (χ2v) is 6.41. The van der Waals surface area contributed by atoms with Crippen molar-refractivity contribution in [3.8, 4) is 11.1 Å². The Morgan fingerprint density at radius 2 is 1.61 bits per heavy atom. The molecular formula is C18H20. The first-order valence-corrected chi connectivity index (χ1v) is 6.69. The maximum absolute atomic E-state index is 2.41. The van der Waals surface area contributed by atoms with Gasteiger partial charge in [0.1, 0.15) is 0 Å². The van der Waals surface area contributed by atoms with Gasteiger partial charge in [-0.2, -0.15) is 0 Å². The van der Waals surface area contributed by atoms with Gasteiger partial charge < -0.3 is 0 Å². The number of benzene rings is 2.